The van der Waals surface area contributed by atoms with Crippen LogP contribution in [0, 0.1) is 6.92 Å². The highest BCUT2D eigenvalue weighted by Gasteiger charge is 2.34. The summed E-state index contributed by atoms with van der Waals surface area (Å²) in [6.45, 7) is 6.33. The number of aryl methyl sites for hydroxylation is 1. The highest BCUT2D eigenvalue weighted by atomic mass is 19.4. The van der Waals surface area contributed by atoms with Crippen LogP contribution >= 0.6 is 0 Å². The van der Waals surface area contributed by atoms with Crippen LogP contribution < -0.4 is 5.32 Å². The van der Waals surface area contributed by atoms with Crippen molar-refractivity contribution in [3.63, 3.8) is 0 Å². The molecule has 2 amide bonds. The second kappa shape index (κ2) is 8.42. The van der Waals surface area contributed by atoms with Gasteiger partial charge in [0.2, 0.25) is 0 Å². The van der Waals surface area contributed by atoms with Crippen LogP contribution in [0.4, 0.5) is 23.8 Å². The van der Waals surface area contributed by atoms with Crippen molar-refractivity contribution in [1.29, 1.82) is 0 Å². The molecular weight excluding hydrogens is 451 g/mol. The first-order chi connectivity index (χ1) is 16.2. The molecule has 180 valence electrons. The Labute approximate surface area is 193 Å². The van der Waals surface area contributed by atoms with Gasteiger partial charge in [-0.2, -0.15) is 18.2 Å². The molecule has 2 aliphatic heterocycles. The molecule has 9 nitrogen and oxygen atoms in total. The number of carbonyl (C=O) groups is 1. The minimum atomic E-state index is -4.42. The van der Waals surface area contributed by atoms with Gasteiger partial charge in [-0.15, -0.1) is 10.2 Å². The van der Waals surface area contributed by atoms with Crippen molar-refractivity contribution in [2.45, 2.75) is 39.2 Å². The number of halogens is 3. The summed E-state index contributed by atoms with van der Waals surface area (Å²) < 4.78 is 46.7. The molecule has 2 aliphatic rings. The smallest absolute Gasteiger partial charge is 0.378 e. The lowest BCUT2D eigenvalue weighted by Gasteiger charge is -2.30. The van der Waals surface area contributed by atoms with Crippen LogP contribution in [0.5, 0.6) is 0 Å². The molecule has 0 radical (unpaired) electrons. The van der Waals surface area contributed by atoms with Crippen LogP contribution in [0.2, 0.25) is 0 Å². The third-order valence-corrected chi connectivity index (χ3v) is 6.23. The second-order valence-electron chi connectivity index (χ2n) is 8.50. The number of amides is 2. The van der Waals surface area contributed by atoms with E-state index in [2.05, 4.69) is 20.5 Å². The van der Waals surface area contributed by atoms with E-state index >= 15 is 0 Å². The maximum Gasteiger partial charge on any atom is 0.416 e. The Hall–Kier alpha value is -3.41. The Balaban J connectivity index is 1.46. The lowest BCUT2D eigenvalue weighted by atomic mass is 10.0. The predicted molar refractivity (Wildman–Crippen MR) is 116 cm³/mol. The first-order valence-electron chi connectivity index (χ1n) is 11.0. The molecule has 12 heteroatoms. The summed E-state index contributed by atoms with van der Waals surface area (Å²) in [6.07, 6.45) is -4.42. The Bertz CT molecular complexity index is 1240. The molecule has 3 aromatic rings. The van der Waals surface area contributed by atoms with Crippen molar-refractivity contribution in [3.05, 3.63) is 52.5 Å². The molecule has 0 bridgehead atoms. The molecule has 4 heterocycles. The lowest BCUT2D eigenvalue weighted by molar-refractivity contribution is -0.137. The summed E-state index contributed by atoms with van der Waals surface area (Å²) in [6, 6.07) is 4.66. The molecule has 2 aromatic heterocycles. The fourth-order valence-electron chi connectivity index (χ4n) is 4.42. The van der Waals surface area contributed by atoms with Crippen LogP contribution in [0.25, 0.3) is 5.78 Å². The van der Waals surface area contributed by atoms with Gasteiger partial charge >= 0.3 is 12.2 Å². The average molecular weight is 475 g/mol. The number of hydrogen-bond donors (Lipinski definition) is 1. The van der Waals surface area contributed by atoms with Crippen LogP contribution in [-0.2, 0) is 24.0 Å². The van der Waals surface area contributed by atoms with E-state index in [0.29, 0.717) is 62.4 Å². The predicted octanol–water partition coefficient (Wildman–Crippen LogP) is 3.39. The molecule has 1 saturated heterocycles. The number of aromatic nitrogens is 4. The van der Waals surface area contributed by atoms with Gasteiger partial charge in [0.1, 0.15) is 11.6 Å². The van der Waals surface area contributed by atoms with Gasteiger partial charge in [0.25, 0.3) is 5.78 Å². The van der Waals surface area contributed by atoms with Gasteiger partial charge in [0, 0.05) is 24.7 Å². The zero-order valence-corrected chi connectivity index (χ0v) is 18.8. The molecule has 1 aromatic carbocycles. The molecule has 1 atom stereocenters. The zero-order chi connectivity index (χ0) is 24.0. The first kappa shape index (κ1) is 22.4. The number of anilines is 1. The van der Waals surface area contributed by atoms with Gasteiger partial charge in [-0.1, -0.05) is 12.1 Å². The van der Waals surface area contributed by atoms with Gasteiger partial charge in [0.05, 0.1) is 37.6 Å². The number of morpholine rings is 1. The van der Waals surface area contributed by atoms with Crippen molar-refractivity contribution in [3.8, 4) is 0 Å². The van der Waals surface area contributed by atoms with Gasteiger partial charge in [-0.05, 0) is 31.5 Å². The number of nitrogens with zero attached hydrogens (tertiary/aromatic N) is 6. The highest BCUT2D eigenvalue weighted by molar-refractivity contribution is 5.76. The highest BCUT2D eigenvalue weighted by Crippen LogP contribution is 2.34. The molecular formula is C22H24F3N7O2. The van der Waals surface area contributed by atoms with Gasteiger partial charge in [0.15, 0.2) is 0 Å². The lowest BCUT2D eigenvalue weighted by Crippen LogP contribution is -2.46. The third kappa shape index (κ3) is 4.02. The van der Waals surface area contributed by atoms with Crippen LogP contribution in [0.3, 0.4) is 0 Å². The largest absolute Gasteiger partial charge is 0.416 e. The summed E-state index contributed by atoms with van der Waals surface area (Å²) in [7, 11) is 0. The molecule has 1 unspecified atom stereocenters. The SMILES string of the molecule is Cc1nnc2nc(NC(C)c3cccc(C(F)(F)F)c3)c3c(n12)CN(C(=O)N1CCOCC1)C3. The molecule has 1 N–H and O–H groups in total. The van der Waals surface area contributed by atoms with E-state index in [9.17, 15) is 18.0 Å². The van der Waals surface area contributed by atoms with Gasteiger partial charge in [-0.3, -0.25) is 4.40 Å². The topological polar surface area (TPSA) is 87.9 Å². The summed E-state index contributed by atoms with van der Waals surface area (Å²) in [5, 5.41) is 11.5. The second-order valence-corrected chi connectivity index (χ2v) is 8.50. The summed E-state index contributed by atoms with van der Waals surface area (Å²) in [4.78, 5) is 21.2. The zero-order valence-electron chi connectivity index (χ0n) is 18.8. The fraction of sp³-hybridized carbons (Fsp3) is 0.455. The maximum atomic E-state index is 13.2. The van der Waals surface area contributed by atoms with Crippen molar-refractivity contribution >= 4 is 17.6 Å². The number of rotatable bonds is 3. The summed E-state index contributed by atoms with van der Waals surface area (Å²) in [5.41, 5.74) is 1.41. The average Bonchev–Trinajstić information content (AvgIpc) is 3.42. The minimum absolute atomic E-state index is 0.0877. The van der Waals surface area contributed by atoms with E-state index < -0.39 is 17.8 Å². The number of alkyl halides is 3. The number of benzene rings is 1. The van der Waals surface area contributed by atoms with E-state index in [4.69, 9.17) is 4.74 Å². The number of carbonyl (C=O) groups excluding carboxylic acids is 1. The Morgan fingerprint density at radius 3 is 2.65 bits per heavy atom. The Morgan fingerprint density at radius 1 is 1.15 bits per heavy atom. The number of urea groups is 1. The van der Waals surface area contributed by atoms with Crippen molar-refractivity contribution in [1.82, 2.24) is 29.4 Å². The Kier molecular flexibility index (Phi) is 5.54. The normalized spacial score (nSPS) is 17.2. The molecule has 0 saturated carbocycles. The first-order valence-corrected chi connectivity index (χ1v) is 11.0. The van der Waals surface area contributed by atoms with Gasteiger partial charge < -0.3 is 19.9 Å². The molecule has 1 fully saturated rings. The van der Waals surface area contributed by atoms with E-state index in [1.54, 1.807) is 22.8 Å². The molecule has 5 rings (SSSR count). The quantitative estimate of drug-likeness (QED) is 0.625. The minimum Gasteiger partial charge on any atom is -0.378 e. The fourth-order valence-corrected chi connectivity index (χ4v) is 4.42. The molecule has 0 aliphatic carbocycles. The number of ether oxygens (including phenoxy) is 1. The van der Waals surface area contributed by atoms with Crippen molar-refractivity contribution in [2.75, 3.05) is 31.6 Å². The number of fused-ring (bicyclic) bond motifs is 3. The van der Waals surface area contributed by atoms with Gasteiger partial charge in [-0.25, -0.2) is 4.79 Å². The maximum absolute atomic E-state index is 13.2. The molecule has 34 heavy (non-hydrogen) atoms. The van der Waals surface area contributed by atoms with Crippen LogP contribution in [-0.4, -0.2) is 61.7 Å². The summed E-state index contributed by atoms with van der Waals surface area (Å²) in [5.74, 6) is 1.50. The third-order valence-electron chi connectivity index (χ3n) is 6.23. The monoisotopic (exact) mass is 475 g/mol. The standard InChI is InChI=1S/C22H24F3N7O2/c1-13(15-4-3-5-16(10-15)22(23,24)25)26-19-17-11-31(21(33)30-6-8-34-9-7-30)12-18(17)32-14(2)28-29-20(32)27-19/h3-5,10,13H,6-9,11-12H2,1-2H3,(H,26,27,29). The van der Waals surface area contributed by atoms with Crippen LogP contribution in [0.1, 0.15) is 41.2 Å². The van der Waals surface area contributed by atoms with Crippen molar-refractivity contribution < 1.29 is 22.7 Å². The van der Waals surface area contributed by atoms with E-state index in [1.807, 2.05) is 11.3 Å². The number of nitrogens with one attached hydrogen (secondary N) is 1. The van der Waals surface area contributed by atoms with Crippen molar-refractivity contribution in [2.24, 2.45) is 0 Å². The Morgan fingerprint density at radius 2 is 1.91 bits per heavy atom. The van der Waals surface area contributed by atoms with E-state index in [0.717, 1.165) is 23.4 Å². The summed E-state index contributed by atoms with van der Waals surface area (Å²) >= 11 is 0. The molecule has 0 spiro atoms. The number of hydrogen-bond acceptors (Lipinski definition) is 6. The van der Waals surface area contributed by atoms with E-state index in [1.165, 1.54) is 6.07 Å². The van der Waals surface area contributed by atoms with E-state index in [-0.39, 0.29) is 6.03 Å². The van der Waals surface area contributed by atoms with Crippen LogP contribution in [0.15, 0.2) is 24.3 Å².